The van der Waals surface area contributed by atoms with Crippen molar-refractivity contribution >= 4 is 41.5 Å². The Bertz CT molecular complexity index is 696. The number of halogens is 1. The highest BCUT2D eigenvalue weighted by Gasteiger charge is 2.24. The van der Waals surface area contributed by atoms with Crippen molar-refractivity contribution in [1.82, 2.24) is 15.5 Å². The Morgan fingerprint density at radius 1 is 1.23 bits per heavy atom. The largest absolute Gasteiger partial charge is 0.357 e. The highest BCUT2D eigenvalue weighted by molar-refractivity contribution is 14.0. The van der Waals surface area contributed by atoms with E-state index in [0.29, 0.717) is 13.0 Å². The summed E-state index contributed by atoms with van der Waals surface area (Å²) in [6.07, 6.45) is 6.93. The monoisotopic (exact) mass is 527 g/mol. The van der Waals surface area contributed by atoms with E-state index in [1.807, 2.05) is 18.2 Å². The summed E-state index contributed by atoms with van der Waals surface area (Å²) in [5.74, 6) is 1.06. The number of fused-ring (bicyclic) bond motifs is 1. The standard InChI is InChI=1S/C23H37N5O.HI/c1-3-24-23(25-13-7-9-15-28-14-8-6-10-18(28)2)26-17-19-16-22(29)27-21-12-5-4-11-20(19)21;/h4-5,11-12,18-19H,3,6-10,13-17H2,1-2H3,(H,27,29)(H2,24,25,26);1H. The maximum Gasteiger partial charge on any atom is 0.225 e. The quantitative estimate of drug-likeness (QED) is 0.207. The molecule has 2 aliphatic rings. The van der Waals surface area contributed by atoms with E-state index >= 15 is 0 Å². The Morgan fingerprint density at radius 2 is 2.07 bits per heavy atom. The summed E-state index contributed by atoms with van der Waals surface area (Å²) in [7, 11) is 0. The molecule has 3 rings (SSSR count). The second kappa shape index (κ2) is 13.1. The number of guanidine groups is 1. The molecule has 2 unspecified atom stereocenters. The number of hydrogen-bond acceptors (Lipinski definition) is 3. The van der Waals surface area contributed by atoms with Gasteiger partial charge in [-0.15, -0.1) is 24.0 Å². The van der Waals surface area contributed by atoms with Gasteiger partial charge in [0.1, 0.15) is 0 Å². The number of rotatable bonds is 8. The summed E-state index contributed by atoms with van der Waals surface area (Å²) in [6, 6.07) is 8.79. The molecule has 0 aromatic heterocycles. The number of unbranched alkanes of at least 4 members (excludes halogenated alkanes) is 1. The third-order valence-corrected chi connectivity index (χ3v) is 6.03. The van der Waals surface area contributed by atoms with Gasteiger partial charge < -0.3 is 20.9 Å². The van der Waals surface area contributed by atoms with Gasteiger partial charge in [0.05, 0.1) is 6.54 Å². The SMILES string of the molecule is CCNC(=NCC1CC(=O)Nc2ccccc21)NCCCCN1CCCCC1C.I. The van der Waals surface area contributed by atoms with Crippen LogP contribution in [0.1, 0.15) is 63.9 Å². The van der Waals surface area contributed by atoms with E-state index in [-0.39, 0.29) is 35.8 Å². The van der Waals surface area contributed by atoms with Crippen molar-refractivity contribution in [1.29, 1.82) is 0 Å². The number of nitrogens with one attached hydrogen (secondary N) is 3. The number of anilines is 1. The maximum absolute atomic E-state index is 12.0. The number of carbonyl (C=O) groups is 1. The molecule has 1 aromatic carbocycles. The Morgan fingerprint density at radius 3 is 2.87 bits per heavy atom. The Labute approximate surface area is 198 Å². The number of piperidine rings is 1. The molecule has 0 radical (unpaired) electrons. The number of aliphatic imine (C=N–C) groups is 1. The van der Waals surface area contributed by atoms with Gasteiger partial charge in [0.2, 0.25) is 5.91 Å². The van der Waals surface area contributed by atoms with E-state index < -0.39 is 0 Å². The van der Waals surface area contributed by atoms with Crippen LogP contribution in [0.5, 0.6) is 0 Å². The topological polar surface area (TPSA) is 68.8 Å². The molecular formula is C23H38IN5O. The molecule has 168 valence electrons. The predicted octanol–water partition coefficient (Wildman–Crippen LogP) is 3.94. The van der Waals surface area contributed by atoms with Gasteiger partial charge in [0, 0.05) is 37.2 Å². The summed E-state index contributed by atoms with van der Waals surface area (Å²) in [5, 5.41) is 9.76. The molecule has 0 spiro atoms. The van der Waals surface area contributed by atoms with Gasteiger partial charge in [0.15, 0.2) is 5.96 Å². The first-order valence-corrected chi connectivity index (χ1v) is 11.3. The van der Waals surface area contributed by atoms with Crippen LogP contribution in [0.4, 0.5) is 5.69 Å². The number of amides is 1. The highest BCUT2D eigenvalue weighted by Crippen LogP contribution is 2.31. The lowest BCUT2D eigenvalue weighted by atomic mass is 9.91. The minimum atomic E-state index is 0. The van der Waals surface area contributed by atoms with E-state index in [0.717, 1.165) is 37.2 Å². The fraction of sp³-hybridized carbons (Fsp3) is 0.652. The van der Waals surface area contributed by atoms with Crippen molar-refractivity contribution in [2.24, 2.45) is 4.99 Å². The minimum Gasteiger partial charge on any atom is -0.357 e. The van der Waals surface area contributed by atoms with Gasteiger partial charge in [-0.3, -0.25) is 9.79 Å². The van der Waals surface area contributed by atoms with Crippen LogP contribution in [-0.4, -0.2) is 55.5 Å². The Balaban J connectivity index is 0.00000320. The first-order chi connectivity index (χ1) is 14.2. The van der Waals surface area contributed by atoms with E-state index in [1.165, 1.54) is 44.3 Å². The van der Waals surface area contributed by atoms with E-state index in [4.69, 9.17) is 4.99 Å². The molecule has 1 aromatic rings. The van der Waals surface area contributed by atoms with Crippen molar-refractivity contribution in [2.45, 2.75) is 64.3 Å². The van der Waals surface area contributed by atoms with Gasteiger partial charge in [-0.25, -0.2) is 0 Å². The molecule has 0 aliphatic carbocycles. The maximum atomic E-state index is 12.0. The fourth-order valence-corrected chi connectivity index (χ4v) is 4.34. The zero-order valence-electron chi connectivity index (χ0n) is 18.5. The number of para-hydroxylation sites is 1. The average molecular weight is 527 g/mol. The van der Waals surface area contributed by atoms with Gasteiger partial charge in [-0.05, 0) is 64.3 Å². The van der Waals surface area contributed by atoms with Crippen molar-refractivity contribution in [3.8, 4) is 0 Å². The van der Waals surface area contributed by atoms with Crippen molar-refractivity contribution in [3.63, 3.8) is 0 Å². The molecule has 30 heavy (non-hydrogen) atoms. The third kappa shape index (κ3) is 7.41. The summed E-state index contributed by atoms with van der Waals surface area (Å²) in [4.78, 5) is 19.4. The van der Waals surface area contributed by atoms with Gasteiger partial charge in [-0.1, -0.05) is 24.6 Å². The second-order valence-corrected chi connectivity index (χ2v) is 8.27. The zero-order chi connectivity index (χ0) is 20.5. The lowest BCUT2D eigenvalue weighted by molar-refractivity contribution is -0.116. The summed E-state index contributed by atoms with van der Waals surface area (Å²) in [6.45, 7) is 9.27. The van der Waals surface area contributed by atoms with Crippen LogP contribution in [-0.2, 0) is 4.79 Å². The molecule has 2 heterocycles. The third-order valence-electron chi connectivity index (χ3n) is 6.03. The predicted molar refractivity (Wildman–Crippen MR) is 136 cm³/mol. The molecule has 2 aliphatic heterocycles. The molecule has 0 bridgehead atoms. The molecular weight excluding hydrogens is 489 g/mol. The average Bonchev–Trinajstić information content (AvgIpc) is 2.72. The van der Waals surface area contributed by atoms with Crippen LogP contribution in [0.15, 0.2) is 29.3 Å². The molecule has 3 N–H and O–H groups in total. The van der Waals surface area contributed by atoms with Crippen LogP contribution in [0.2, 0.25) is 0 Å². The molecule has 6 nitrogen and oxygen atoms in total. The van der Waals surface area contributed by atoms with Gasteiger partial charge in [0.25, 0.3) is 0 Å². The van der Waals surface area contributed by atoms with Crippen molar-refractivity contribution in [2.75, 3.05) is 38.0 Å². The van der Waals surface area contributed by atoms with E-state index in [1.54, 1.807) is 0 Å². The molecule has 1 saturated heterocycles. The van der Waals surface area contributed by atoms with Gasteiger partial charge in [-0.2, -0.15) is 0 Å². The molecule has 1 amide bonds. The number of hydrogen-bond donors (Lipinski definition) is 3. The van der Waals surface area contributed by atoms with Crippen LogP contribution >= 0.6 is 24.0 Å². The number of nitrogens with zero attached hydrogens (tertiary/aromatic N) is 2. The lowest BCUT2D eigenvalue weighted by Crippen LogP contribution is -2.39. The summed E-state index contributed by atoms with van der Waals surface area (Å²) >= 11 is 0. The van der Waals surface area contributed by atoms with E-state index in [9.17, 15) is 4.79 Å². The number of likely N-dealkylation sites (tertiary alicyclic amines) is 1. The fourth-order valence-electron chi connectivity index (χ4n) is 4.34. The normalized spacial score (nSPS) is 21.9. The van der Waals surface area contributed by atoms with Crippen molar-refractivity contribution < 1.29 is 4.79 Å². The van der Waals surface area contributed by atoms with Crippen LogP contribution < -0.4 is 16.0 Å². The molecule has 0 saturated carbocycles. The lowest BCUT2D eigenvalue weighted by Gasteiger charge is -2.33. The van der Waals surface area contributed by atoms with Crippen LogP contribution in [0.3, 0.4) is 0 Å². The number of carbonyl (C=O) groups excluding carboxylic acids is 1. The summed E-state index contributed by atoms with van der Waals surface area (Å²) < 4.78 is 0. The smallest absolute Gasteiger partial charge is 0.225 e. The molecule has 2 atom stereocenters. The Hall–Kier alpha value is -1.35. The molecule has 1 fully saturated rings. The van der Waals surface area contributed by atoms with E-state index in [2.05, 4.69) is 40.8 Å². The molecule has 7 heteroatoms. The first kappa shape index (κ1) is 24.9. The van der Waals surface area contributed by atoms with Crippen LogP contribution in [0.25, 0.3) is 0 Å². The zero-order valence-corrected chi connectivity index (χ0v) is 20.8. The highest BCUT2D eigenvalue weighted by atomic mass is 127. The second-order valence-electron chi connectivity index (χ2n) is 8.27. The Kier molecular flexibility index (Phi) is 10.9. The number of benzene rings is 1. The minimum absolute atomic E-state index is 0. The van der Waals surface area contributed by atoms with Crippen molar-refractivity contribution in [3.05, 3.63) is 29.8 Å². The summed E-state index contributed by atoms with van der Waals surface area (Å²) in [5.41, 5.74) is 2.11. The van der Waals surface area contributed by atoms with Crippen LogP contribution in [0, 0.1) is 0 Å². The first-order valence-electron chi connectivity index (χ1n) is 11.3. The van der Waals surface area contributed by atoms with Gasteiger partial charge >= 0.3 is 0 Å².